The summed E-state index contributed by atoms with van der Waals surface area (Å²) in [4.78, 5) is 21.5. The lowest BCUT2D eigenvalue weighted by atomic mass is 10.1. The predicted molar refractivity (Wildman–Crippen MR) is 104 cm³/mol. The van der Waals surface area contributed by atoms with Crippen LogP contribution < -0.4 is 0 Å². The van der Waals surface area contributed by atoms with Crippen molar-refractivity contribution in [1.29, 1.82) is 0 Å². The highest BCUT2D eigenvalue weighted by molar-refractivity contribution is 6.30. The Morgan fingerprint density at radius 3 is 2.50 bits per heavy atom. The van der Waals surface area contributed by atoms with Gasteiger partial charge in [-0.05, 0) is 29.8 Å². The number of benzene rings is 2. The van der Waals surface area contributed by atoms with Gasteiger partial charge in [-0.3, -0.25) is 14.7 Å². The molecule has 0 saturated carbocycles. The summed E-state index contributed by atoms with van der Waals surface area (Å²) in [5, 5.41) is 1.76. The molecule has 1 aliphatic heterocycles. The third-order valence-electron chi connectivity index (χ3n) is 4.82. The second-order valence-corrected chi connectivity index (χ2v) is 7.05. The summed E-state index contributed by atoms with van der Waals surface area (Å²) in [7, 11) is 0. The summed E-state index contributed by atoms with van der Waals surface area (Å²) in [6, 6.07) is 17.8. The number of pyridine rings is 1. The second kappa shape index (κ2) is 7.44. The molecular weight excluding hydrogens is 346 g/mol. The van der Waals surface area contributed by atoms with Crippen LogP contribution in [0.3, 0.4) is 0 Å². The fourth-order valence-electron chi connectivity index (χ4n) is 3.33. The van der Waals surface area contributed by atoms with Crippen molar-refractivity contribution in [3.63, 3.8) is 0 Å². The molecule has 3 aromatic rings. The van der Waals surface area contributed by atoms with E-state index in [-0.39, 0.29) is 5.91 Å². The molecule has 0 radical (unpaired) electrons. The highest BCUT2D eigenvalue weighted by Gasteiger charge is 2.22. The Kier molecular flexibility index (Phi) is 4.87. The number of piperazine rings is 1. The van der Waals surface area contributed by atoms with Crippen molar-refractivity contribution in [2.45, 2.75) is 6.54 Å². The van der Waals surface area contributed by atoms with Crippen molar-refractivity contribution in [2.24, 2.45) is 0 Å². The first-order valence-corrected chi connectivity index (χ1v) is 9.18. The first kappa shape index (κ1) is 17.0. The maximum atomic E-state index is 12.8. The molecule has 1 aliphatic rings. The number of rotatable bonds is 3. The number of para-hydroxylation sites is 1. The summed E-state index contributed by atoms with van der Waals surface area (Å²) in [6.45, 7) is 4.10. The molecule has 0 atom stereocenters. The van der Waals surface area contributed by atoms with Gasteiger partial charge in [0.1, 0.15) is 0 Å². The Balaban J connectivity index is 1.38. The van der Waals surface area contributed by atoms with Gasteiger partial charge in [-0.1, -0.05) is 41.9 Å². The number of nitrogens with zero attached hydrogens (tertiary/aromatic N) is 3. The Bertz CT molecular complexity index is 918. The van der Waals surface area contributed by atoms with Gasteiger partial charge < -0.3 is 4.90 Å². The Labute approximate surface area is 158 Å². The molecule has 132 valence electrons. The molecule has 26 heavy (non-hydrogen) atoms. The van der Waals surface area contributed by atoms with Crippen LogP contribution in [-0.2, 0) is 6.54 Å². The summed E-state index contributed by atoms with van der Waals surface area (Å²) < 4.78 is 0. The lowest BCUT2D eigenvalue weighted by Gasteiger charge is -2.34. The van der Waals surface area contributed by atoms with Crippen molar-refractivity contribution >= 4 is 28.4 Å². The lowest BCUT2D eigenvalue weighted by molar-refractivity contribution is 0.0628. The van der Waals surface area contributed by atoms with Crippen LogP contribution in [-0.4, -0.2) is 46.9 Å². The van der Waals surface area contributed by atoms with Gasteiger partial charge in [0.2, 0.25) is 0 Å². The number of fused-ring (bicyclic) bond motifs is 1. The van der Waals surface area contributed by atoms with E-state index in [1.165, 1.54) is 5.56 Å². The first-order valence-electron chi connectivity index (χ1n) is 8.80. The van der Waals surface area contributed by atoms with Gasteiger partial charge >= 0.3 is 0 Å². The van der Waals surface area contributed by atoms with Gasteiger partial charge in [-0.25, -0.2) is 0 Å². The van der Waals surface area contributed by atoms with Gasteiger partial charge in [0.05, 0.1) is 11.1 Å². The van der Waals surface area contributed by atoms with Crippen LogP contribution in [0.15, 0.2) is 60.8 Å². The Morgan fingerprint density at radius 2 is 1.73 bits per heavy atom. The highest BCUT2D eigenvalue weighted by atomic mass is 35.5. The predicted octanol–water partition coefficient (Wildman–Crippen LogP) is 3.85. The molecule has 0 N–H and O–H groups in total. The van der Waals surface area contributed by atoms with Crippen LogP contribution in [0.1, 0.15) is 15.9 Å². The molecular formula is C21H20ClN3O. The first-order chi connectivity index (χ1) is 12.7. The fraction of sp³-hybridized carbons (Fsp3) is 0.238. The molecule has 0 unspecified atom stereocenters. The summed E-state index contributed by atoms with van der Waals surface area (Å²) in [6.07, 6.45) is 1.69. The van der Waals surface area contributed by atoms with Gasteiger partial charge in [-0.2, -0.15) is 0 Å². The van der Waals surface area contributed by atoms with Crippen LogP contribution in [0.25, 0.3) is 10.9 Å². The molecule has 1 saturated heterocycles. The highest BCUT2D eigenvalue weighted by Crippen LogP contribution is 2.16. The molecule has 0 spiro atoms. The van der Waals surface area contributed by atoms with Crippen LogP contribution >= 0.6 is 11.6 Å². The zero-order valence-corrected chi connectivity index (χ0v) is 15.2. The zero-order valence-electron chi connectivity index (χ0n) is 14.4. The second-order valence-electron chi connectivity index (χ2n) is 6.61. The average molecular weight is 366 g/mol. The van der Waals surface area contributed by atoms with Gasteiger partial charge in [0.15, 0.2) is 0 Å². The van der Waals surface area contributed by atoms with Gasteiger partial charge in [-0.15, -0.1) is 0 Å². The van der Waals surface area contributed by atoms with Crippen molar-refractivity contribution in [1.82, 2.24) is 14.8 Å². The SMILES string of the molecule is O=C(c1cnc2ccccc2c1)N1CCN(Cc2ccc(Cl)cc2)CC1. The van der Waals surface area contributed by atoms with Crippen LogP contribution in [0.5, 0.6) is 0 Å². The third kappa shape index (κ3) is 3.71. The number of carbonyl (C=O) groups excluding carboxylic acids is 1. The molecule has 4 nitrogen and oxygen atoms in total. The molecule has 5 heteroatoms. The van der Waals surface area contributed by atoms with E-state index < -0.39 is 0 Å². The molecule has 2 heterocycles. The molecule has 2 aromatic carbocycles. The zero-order chi connectivity index (χ0) is 17.9. The van der Waals surface area contributed by atoms with Crippen molar-refractivity contribution in [3.8, 4) is 0 Å². The standard InChI is InChI=1S/C21H20ClN3O/c22-19-7-5-16(6-8-19)15-24-9-11-25(12-10-24)21(26)18-13-17-3-1-2-4-20(17)23-14-18/h1-8,13-14H,9-12,15H2. The largest absolute Gasteiger partial charge is 0.336 e. The molecule has 1 fully saturated rings. The number of aromatic nitrogens is 1. The number of halogens is 1. The van der Waals surface area contributed by atoms with Crippen molar-refractivity contribution < 1.29 is 4.79 Å². The van der Waals surface area contributed by atoms with Crippen LogP contribution in [0, 0.1) is 0 Å². The van der Waals surface area contributed by atoms with E-state index >= 15 is 0 Å². The smallest absolute Gasteiger partial charge is 0.255 e. The summed E-state index contributed by atoms with van der Waals surface area (Å²) >= 11 is 5.94. The third-order valence-corrected chi connectivity index (χ3v) is 5.07. The van der Waals surface area contributed by atoms with E-state index in [2.05, 4.69) is 22.0 Å². The van der Waals surface area contributed by atoms with Crippen molar-refractivity contribution in [3.05, 3.63) is 76.9 Å². The van der Waals surface area contributed by atoms with E-state index in [1.54, 1.807) is 6.20 Å². The molecule has 1 aromatic heterocycles. The number of hydrogen-bond acceptors (Lipinski definition) is 3. The number of hydrogen-bond donors (Lipinski definition) is 0. The maximum absolute atomic E-state index is 12.8. The number of carbonyl (C=O) groups is 1. The van der Waals surface area contributed by atoms with E-state index in [0.717, 1.165) is 48.6 Å². The summed E-state index contributed by atoms with van der Waals surface area (Å²) in [5.74, 6) is 0.0643. The van der Waals surface area contributed by atoms with E-state index in [0.29, 0.717) is 5.56 Å². The molecule has 0 bridgehead atoms. The van der Waals surface area contributed by atoms with E-state index in [1.807, 2.05) is 47.4 Å². The average Bonchev–Trinajstić information content (AvgIpc) is 2.69. The van der Waals surface area contributed by atoms with Gasteiger partial charge in [0.25, 0.3) is 5.91 Å². The molecule has 1 amide bonds. The fourth-order valence-corrected chi connectivity index (χ4v) is 3.45. The topological polar surface area (TPSA) is 36.4 Å². The lowest BCUT2D eigenvalue weighted by Crippen LogP contribution is -2.48. The summed E-state index contributed by atoms with van der Waals surface area (Å²) in [5.41, 5.74) is 2.82. The normalized spacial score (nSPS) is 15.3. The Morgan fingerprint density at radius 1 is 1.00 bits per heavy atom. The Hall–Kier alpha value is -2.43. The quantitative estimate of drug-likeness (QED) is 0.707. The minimum absolute atomic E-state index is 0.0643. The van der Waals surface area contributed by atoms with E-state index in [4.69, 9.17) is 11.6 Å². The monoisotopic (exact) mass is 365 g/mol. The molecule has 4 rings (SSSR count). The number of amides is 1. The minimum Gasteiger partial charge on any atom is -0.336 e. The minimum atomic E-state index is 0.0643. The molecule has 0 aliphatic carbocycles. The maximum Gasteiger partial charge on any atom is 0.255 e. The van der Waals surface area contributed by atoms with Crippen LogP contribution in [0.2, 0.25) is 5.02 Å². The van der Waals surface area contributed by atoms with Crippen molar-refractivity contribution in [2.75, 3.05) is 26.2 Å². The van der Waals surface area contributed by atoms with E-state index in [9.17, 15) is 4.79 Å². The van der Waals surface area contributed by atoms with Crippen LogP contribution in [0.4, 0.5) is 0 Å². The van der Waals surface area contributed by atoms with Gasteiger partial charge in [0, 0.05) is 49.3 Å².